The Morgan fingerprint density at radius 3 is 2.74 bits per heavy atom. The molecule has 5 rings (SSSR count). The molecule has 1 aliphatic rings. The van der Waals surface area contributed by atoms with Gasteiger partial charge in [-0.05, 0) is 56.2 Å². The van der Waals surface area contributed by atoms with Crippen LogP contribution in [-0.4, -0.2) is 25.6 Å². The van der Waals surface area contributed by atoms with Crippen LogP contribution in [0.25, 0.3) is 10.2 Å². The van der Waals surface area contributed by atoms with E-state index < -0.39 is 10.2 Å². The summed E-state index contributed by atoms with van der Waals surface area (Å²) in [5, 5.41) is 14.4. The van der Waals surface area contributed by atoms with Crippen LogP contribution in [0.1, 0.15) is 35.8 Å². The first-order chi connectivity index (χ1) is 18.3. The number of fused-ring (bicyclic) bond motifs is 3. The monoisotopic (exact) mass is 568 g/mol. The second-order valence-corrected chi connectivity index (χ2v) is 11.9. The Hall–Kier alpha value is -3.21. The third kappa shape index (κ3) is 5.48. The number of nitrogens with one attached hydrogen (secondary N) is 1. The molecule has 0 spiro atoms. The van der Waals surface area contributed by atoms with Crippen LogP contribution in [0.5, 0.6) is 0 Å². The molecule has 1 unspecified atom stereocenters. The van der Waals surface area contributed by atoms with Gasteiger partial charge in [0, 0.05) is 23.6 Å². The number of hydrogen-bond acceptors (Lipinski definition) is 7. The third-order valence-electron chi connectivity index (χ3n) is 6.58. The van der Waals surface area contributed by atoms with Crippen LogP contribution >= 0.6 is 34.7 Å². The summed E-state index contributed by atoms with van der Waals surface area (Å²) in [5.74, 6) is -0.347. The highest BCUT2D eigenvalue weighted by molar-refractivity contribution is 8.00. The second-order valence-electron chi connectivity index (χ2n) is 9.15. The highest BCUT2D eigenvalue weighted by atomic mass is 35.5. The maximum Gasteiger partial charge on any atom is 0.271 e. The van der Waals surface area contributed by atoms with E-state index in [4.69, 9.17) is 16.6 Å². The van der Waals surface area contributed by atoms with Crippen LogP contribution in [0, 0.1) is 10.1 Å². The smallest absolute Gasteiger partial charge is 0.271 e. The van der Waals surface area contributed by atoms with E-state index in [1.165, 1.54) is 34.8 Å². The summed E-state index contributed by atoms with van der Waals surface area (Å²) in [6.07, 6.45) is 4.71. The molecule has 1 N–H and O–H groups in total. The summed E-state index contributed by atoms with van der Waals surface area (Å²) in [4.78, 5) is 44.2. The number of carbonyl (C=O) groups is 1. The van der Waals surface area contributed by atoms with Gasteiger partial charge < -0.3 is 5.32 Å². The van der Waals surface area contributed by atoms with Crippen molar-refractivity contribution in [1.82, 2.24) is 9.55 Å². The minimum atomic E-state index is -0.608. The van der Waals surface area contributed by atoms with Gasteiger partial charge in [0.1, 0.15) is 4.83 Å². The van der Waals surface area contributed by atoms with Gasteiger partial charge in [-0.3, -0.25) is 24.3 Å². The largest absolute Gasteiger partial charge is 0.324 e. The zero-order valence-electron chi connectivity index (χ0n) is 20.6. The first-order valence-electron chi connectivity index (χ1n) is 12.3. The van der Waals surface area contributed by atoms with Gasteiger partial charge in [0.05, 0.1) is 26.3 Å². The Morgan fingerprint density at radius 1 is 1.24 bits per heavy atom. The molecule has 38 heavy (non-hydrogen) atoms. The van der Waals surface area contributed by atoms with Crippen molar-refractivity contribution in [3.63, 3.8) is 0 Å². The maximum atomic E-state index is 13.8. The van der Waals surface area contributed by atoms with E-state index in [9.17, 15) is 19.7 Å². The number of non-ortho nitro benzene ring substituents is 1. The lowest BCUT2D eigenvalue weighted by Gasteiger charge is -2.17. The Balaban J connectivity index is 1.44. The van der Waals surface area contributed by atoms with Gasteiger partial charge in [-0.25, -0.2) is 4.98 Å². The van der Waals surface area contributed by atoms with Gasteiger partial charge in [-0.2, -0.15) is 0 Å². The van der Waals surface area contributed by atoms with E-state index in [0.717, 1.165) is 47.0 Å². The molecule has 2 heterocycles. The molecule has 0 bridgehead atoms. The summed E-state index contributed by atoms with van der Waals surface area (Å²) in [5.41, 5.74) is 2.32. The van der Waals surface area contributed by atoms with Crippen molar-refractivity contribution in [1.29, 1.82) is 0 Å². The molecule has 2 aromatic carbocycles. The number of nitro groups is 1. The molecule has 0 radical (unpaired) electrons. The van der Waals surface area contributed by atoms with Crippen molar-refractivity contribution in [2.45, 2.75) is 56.0 Å². The zero-order chi connectivity index (χ0) is 26.8. The standard InChI is InChI=1S/C27H25ClN4O4S2/c1-16(24(33)29-21-12-11-18(32(35)36)15-20(21)28)37-27-30-25-23(19-9-5-6-10-22(19)38-25)26(34)31(27)14-13-17-7-3-2-4-8-17/h2-4,7-8,11-12,15-16H,5-6,9-10,13-14H2,1H3,(H,29,33). The molecule has 0 aliphatic heterocycles. The number of hydrogen-bond donors (Lipinski definition) is 1. The van der Waals surface area contributed by atoms with E-state index in [-0.39, 0.29) is 27.9 Å². The van der Waals surface area contributed by atoms with E-state index in [2.05, 4.69) is 5.32 Å². The Kier molecular flexibility index (Phi) is 7.83. The van der Waals surface area contributed by atoms with Gasteiger partial charge in [0.25, 0.3) is 11.2 Å². The fourth-order valence-electron chi connectivity index (χ4n) is 4.56. The topological polar surface area (TPSA) is 107 Å². The Labute approximate surface area is 232 Å². The third-order valence-corrected chi connectivity index (χ3v) is 9.17. The van der Waals surface area contributed by atoms with E-state index in [0.29, 0.717) is 18.1 Å². The highest BCUT2D eigenvalue weighted by Gasteiger charge is 2.25. The van der Waals surface area contributed by atoms with Crippen molar-refractivity contribution in [3.8, 4) is 0 Å². The number of nitro benzene ring substituents is 1. The van der Waals surface area contributed by atoms with Crippen LogP contribution in [0.15, 0.2) is 58.5 Å². The lowest BCUT2D eigenvalue weighted by molar-refractivity contribution is -0.384. The van der Waals surface area contributed by atoms with Crippen molar-refractivity contribution in [3.05, 3.63) is 90.0 Å². The minimum Gasteiger partial charge on any atom is -0.324 e. The molecule has 1 aliphatic carbocycles. The molecule has 196 valence electrons. The van der Waals surface area contributed by atoms with Crippen molar-refractivity contribution in [2.24, 2.45) is 0 Å². The number of thiophene rings is 1. The molecular weight excluding hydrogens is 544 g/mol. The van der Waals surface area contributed by atoms with Gasteiger partial charge in [0.2, 0.25) is 5.91 Å². The zero-order valence-corrected chi connectivity index (χ0v) is 23.0. The number of benzene rings is 2. The molecule has 0 fully saturated rings. The minimum absolute atomic E-state index is 0.0566. The van der Waals surface area contributed by atoms with Gasteiger partial charge in [-0.15, -0.1) is 11.3 Å². The lowest BCUT2D eigenvalue weighted by atomic mass is 9.97. The molecule has 1 amide bonds. The Morgan fingerprint density at radius 2 is 2.00 bits per heavy atom. The molecule has 2 aromatic heterocycles. The fraction of sp³-hybridized carbons (Fsp3) is 0.296. The fourth-order valence-corrected chi connectivity index (χ4v) is 7.02. The predicted octanol–water partition coefficient (Wildman–Crippen LogP) is 6.26. The van der Waals surface area contributed by atoms with E-state index in [1.54, 1.807) is 22.8 Å². The number of rotatable bonds is 8. The van der Waals surface area contributed by atoms with Crippen LogP contribution < -0.4 is 10.9 Å². The first kappa shape index (κ1) is 26.4. The predicted molar refractivity (Wildman–Crippen MR) is 153 cm³/mol. The number of aromatic nitrogens is 2. The molecule has 11 heteroatoms. The average molecular weight is 569 g/mol. The SMILES string of the molecule is CC(Sc1nc2sc3c(c2c(=O)n1CCc1ccccc1)CCCC3)C(=O)Nc1ccc([N+](=O)[O-])cc1Cl. The van der Waals surface area contributed by atoms with Crippen LogP contribution in [0.2, 0.25) is 5.02 Å². The number of halogens is 1. The number of nitrogens with zero attached hydrogens (tertiary/aromatic N) is 3. The maximum absolute atomic E-state index is 13.8. The lowest BCUT2D eigenvalue weighted by Crippen LogP contribution is -2.28. The number of thioether (sulfide) groups is 1. The second kappa shape index (κ2) is 11.3. The van der Waals surface area contributed by atoms with E-state index >= 15 is 0 Å². The van der Waals surface area contributed by atoms with Crippen LogP contribution in [0.3, 0.4) is 0 Å². The molecule has 1 atom stereocenters. The Bertz CT molecular complexity index is 1590. The number of aryl methyl sites for hydroxylation is 3. The molecular formula is C27H25ClN4O4S2. The summed E-state index contributed by atoms with van der Waals surface area (Å²) < 4.78 is 1.70. The summed E-state index contributed by atoms with van der Waals surface area (Å²) in [6.45, 7) is 2.18. The summed E-state index contributed by atoms with van der Waals surface area (Å²) in [7, 11) is 0. The van der Waals surface area contributed by atoms with Gasteiger partial charge >= 0.3 is 0 Å². The molecule has 0 saturated carbocycles. The van der Waals surface area contributed by atoms with Gasteiger partial charge in [-0.1, -0.05) is 53.7 Å². The van der Waals surface area contributed by atoms with Crippen molar-refractivity contribution in [2.75, 3.05) is 5.32 Å². The average Bonchev–Trinajstić information content (AvgIpc) is 3.28. The van der Waals surface area contributed by atoms with Gasteiger partial charge in [0.15, 0.2) is 5.16 Å². The van der Waals surface area contributed by atoms with Crippen LogP contribution in [-0.2, 0) is 30.6 Å². The van der Waals surface area contributed by atoms with E-state index in [1.807, 2.05) is 30.3 Å². The summed E-state index contributed by atoms with van der Waals surface area (Å²) >= 11 is 8.96. The normalized spacial score (nSPS) is 13.7. The van der Waals surface area contributed by atoms with Crippen molar-refractivity contribution < 1.29 is 9.72 Å². The first-order valence-corrected chi connectivity index (χ1v) is 14.4. The number of carbonyl (C=O) groups excluding carboxylic acids is 1. The molecule has 8 nitrogen and oxygen atoms in total. The summed E-state index contributed by atoms with van der Waals surface area (Å²) in [6, 6.07) is 13.9. The molecule has 0 saturated heterocycles. The highest BCUT2D eigenvalue weighted by Crippen LogP contribution is 2.35. The number of amides is 1. The quantitative estimate of drug-likeness (QED) is 0.116. The molecule has 4 aromatic rings. The van der Waals surface area contributed by atoms with Crippen molar-refractivity contribution >= 4 is 62.2 Å². The number of anilines is 1. The van der Waals surface area contributed by atoms with Crippen LogP contribution in [0.4, 0.5) is 11.4 Å².